The normalized spacial score (nSPS) is 24.2. The molecule has 45 heavy (non-hydrogen) atoms. The molecule has 0 aromatic rings. The first kappa shape index (κ1) is 36.1. The van der Waals surface area contributed by atoms with E-state index in [1.165, 1.54) is 4.90 Å². The molecule has 3 rings (SSSR count). The quantitative estimate of drug-likeness (QED) is 0.203. The number of urea groups is 1. The number of nitrogens with two attached hydrogens (primary N) is 1. The first-order chi connectivity index (χ1) is 20.7. The minimum absolute atomic E-state index is 0.0697. The molecule has 6 atom stereocenters. The number of ether oxygens (including phenoxy) is 1. The Morgan fingerprint density at radius 3 is 2.07 bits per heavy atom. The number of rotatable bonds is 12. The van der Waals surface area contributed by atoms with Crippen LogP contribution in [0.3, 0.4) is 0 Å². The fraction of sp³-hybridized carbons (Fsp3) is 0.812. The van der Waals surface area contributed by atoms with E-state index < -0.39 is 70.6 Å². The number of hydrogen-bond acceptors (Lipinski definition) is 7. The standard InChI is InChI=1S/C32H54N6O7/c1-10-34-29(44)45-16-20(30(2,3)4)36-28(43)37-24(31(5,6)7)27(42)38-15-18-21(32(18,8)9)22(38)26(41)35-19(23(39)25(33)40)14-17-12-11-13-17/h17-22,24H,10-16H2,1-9H3,(H2,33,40)(H,34,44)(H,35,41)(H2,36,37,43)/t18?,19?,20-,21+,22?,24?/m1/s1. The van der Waals surface area contributed by atoms with Crippen molar-refractivity contribution in [1.29, 1.82) is 0 Å². The summed E-state index contributed by atoms with van der Waals surface area (Å²) in [7, 11) is 0. The molecule has 0 aromatic carbocycles. The summed E-state index contributed by atoms with van der Waals surface area (Å²) in [6.45, 7) is 17.7. The van der Waals surface area contributed by atoms with Crippen LogP contribution in [0.4, 0.5) is 9.59 Å². The molecule has 3 aliphatic rings. The monoisotopic (exact) mass is 634 g/mol. The van der Waals surface area contributed by atoms with Crippen LogP contribution in [0.5, 0.6) is 0 Å². The van der Waals surface area contributed by atoms with E-state index in [1.807, 2.05) is 55.4 Å². The van der Waals surface area contributed by atoms with Crippen LogP contribution in [0, 0.1) is 34.0 Å². The Morgan fingerprint density at radius 1 is 0.956 bits per heavy atom. The first-order valence-corrected chi connectivity index (χ1v) is 16.1. The van der Waals surface area contributed by atoms with E-state index in [9.17, 15) is 28.8 Å². The number of piperidine rings is 1. The van der Waals surface area contributed by atoms with Crippen molar-refractivity contribution < 1.29 is 33.5 Å². The van der Waals surface area contributed by atoms with E-state index in [0.29, 0.717) is 19.5 Å². The molecule has 0 spiro atoms. The number of nitrogens with zero attached hydrogens (tertiary/aromatic N) is 1. The third kappa shape index (κ3) is 8.46. The summed E-state index contributed by atoms with van der Waals surface area (Å²) in [5, 5.41) is 11.0. The van der Waals surface area contributed by atoms with Crippen LogP contribution >= 0.6 is 0 Å². The molecule has 1 saturated heterocycles. The highest BCUT2D eigenvalue weighted by Crippen LogP contribution is 2.65. The number of likely N-dealkylation sites (tertiary alicyclic amines) is 1. The number of Topliss-reactive ketones (excluding diaryl/α,β-unsaturated/α-hetero) is 1. The fourth-order valence-corrected chi connectivity index (χ4v) is 6.54. The smallest absolute Gasteiger partial charge is 0.407 e. The predicted molar refractivity (Wildman–Crippen MR) is 168 cm³/mol. The zero-order valence-electron chi connectivity index (χ0n) is 28.4. The molecule has 0 radical (unpaired) electrons. The maximum atomic E-state index is 14.2. The van der Waals surface area contributed by atoms with Crippen molar-refractivity contribution in [3.8, 4) is 0 Å². The van der Waals surface area contributed by atoms with Gasteiger partial charge in [-0.25, -0.2) is 9.59 Å². The average molecular weight is 635 g/mol. The molecule has 254 valence electrons. The maximum Gasteiger partial charge on any atom is 0.407 e. The molecular weight excluding hydrogens is 580 g/mol. The van der Waals surface area contributed by atoms with Gasteiger partial charge in [-0.15, -0.1) is 0 Å². The zero-order chi connectivity index (χ0) is 34.1. The third-order valence-corrected chi connectivity index (χ3v) is 9.87. The number of nitrogens with one attached hydrogen (secondary N) is 4. The highest BCUT2D eigenvalue weighted by atomic mass is 16.5. The van der Waals surface area contributed by atoms with Crippen molar-refractivity contribution in [2.45, 2.75) is 112 Å². The van der Waals surface area contributed by atoms with Crippen LogP contribution in [0.2, 0.25) is 0 Å². The number of ketones is 1. The van der Waals surface area contributed by atoms with E-state index in [4.69, 9.17) is 10.5 Å². The molecule has 13 heteroatoms. The lowest BCUT2D eigenvalue weighted by atomic mass is 9.80. The number of fused-ring (bicyclic) bond motifs is 1. The Bertz CT molecular complexity index is 1170. The van der Waals surface area contributed by atoms with Gasteiger partial charge in [-0.3, -0.25) is 19.2 Å². The number of amides is 6. The highest BCUT2D eigenvalue weighted by Gasteiger charge is 2.70. The minimum atomic E-state index is -1.10. The molecule has 2 aliphatic carbocycles. The van der Waals surface area contributed by atoms with Gasteiger partial charge in [-0.05, 0) is 47.3 Å². The summed E-state index contributed by atoms with van der Waals surface area (Å²) in [6, 6.07) is -4.09. The second-order valence-electron chi connectivity index (χ2n) is 15.7. The van der Waals surface area contributed by atoms with Gasteiger partial charge in [-0.1, -0.05) is 74.7 Å². The van der Waals surface area contributed by atoms with Gasteiger partial charge in [0.25, 0.3) is 5.91 Å². The van der Waals surface area contributed by atoms with Gasteiger partial charge in [-0.2, -0.15) is 0 Å². The summed E-state index contributed by atoms with van der Waals surface area (Å²) in [6.07, 6.45) is 2.60. The van der Waals surface area contributed by atoms with Crippen LogP contribution in [-0.2, 0) is 23.9 Å². The van der Waals surface area contributed by atoms with Crippen LogP contribution in [-0.4, -0.2) is 84.4 Å². The molecule has 4 unspecified atom stereocenters. The fourth-order valence-electron chi connectivity index (χ4n) is 6.54. The molecule has 1 heterocycles. The van der Waals surface area contributed by atoms with Gasteiger partial charge in [0.05, 0.1) is 12.1 Å². The van der Waals surface area contributed by atoms with E-state index >= 15 is 0 Å². The summed E-state index contributed by atoms with van der Waals surface area (Å²) in [5.41, 5.74) is 3.91. The van der Waals surface area contributed by atoms with E-state index in [-0.39, 0.29) is 29.8 Å². The first-order valence-electron chi connectivity index (χ1n) is 16.1. The van der Waals surface area contributed by atoms with Crippen molar-refractivity contribution in [3.05, 3.63) is 0 Å². The zero-order valence-corrected chi connectivity index (χ0v) is 28.4. The molecule has 2 saturated carbocycles. The van der Waals surface area contributed by atoms with Gasteiger partial charge in [0.15, 0.2) is 0 Å². The Morgan fingerprint density at radius 2 is 1.58 bits per heavy atom. The summed E-state index contributed by atoms with van der Waals surface area (Å²) < 4.78 is 5.28. The Balaban J connectivity index is 1.79. The molecule has 1 aliphatic heterocycles. The summed E-state index contributed by atoms with van der Waals surface area (Å²) in [5.74, 6) is -2.69. The second-order valence-corrected chi connectivity index (χ2v) is 15.7. The van der Waals surface area contributed by atoms with Crippen molar-refractivity contribution in [2.75, 3.05) is 19.7 Å². The summed E-state index contributed by atoms with van der Waals surface area (Å²) in [4.78, 5) is 79.4. The second kappa shape index (κ2) is 13.5. The Labute approximate surface area is 266 Å². The largest absolute Gasteiger partial charge is 0.447 e. The molecule has 3 fully saturated rings. The number of primary amides is 1. The van der Waals surface area contributed by atoms with Gasteiger partial charge in [0.2, 0.25) is 17.6 Å². The average Bonchev–Trinajstić information content (AvgIpc) is 3.20. The van der Waals surface area contributed by atoms with Crippen molar-refractivity contribution in [1.82, 2.24) is 26.2 Å². The van der Waals surface area contributed by atoms with E-state index in [2.05, 4.69) is 21.3 Å². The van der Waals surface area contributed by atoms with Crippen LogP contribution in [0.1, 0.15) is 88.0 Å². The minimum Gasteiger partial charge on any atom is -0.447 e. The van der Waals surface area contributed by atoms with Crippen LogP contribution in [0.15, 0.2) is 0 Å². The van der Waals surface area contributed by atoms with Gasteiger partial charge >= 0.3 is 12.1 Å². The summed E-state index contributed by atoms with van der Waals surface area (Å²) >= 11 is 0. The molecular formula is C32H54N6O7. The highest BCUT2D eigenvalue weighted by molar-refractivity contribution is 6.37. The van der Waals surface area contributed by atoms with Crippen LogP contribution < -0.4 is 27.0 Å². The SMILES string of the molecule is CCNC(=O)OC[C@@H](NC(=O)NC(C(=O)N1CC2[C@@H](C1C(=O)NC(CC1CCC1)C(=O)C(N)=O)C2(C)C)C(C)(C)C)C(C)(C)C. The Hall–Kier alpha value is -3.38. The molecule has 13 nitrogen and oxygen atoms in total. The lowest BCUT2D eigenvalue weighted by Gasteiger charge is -2.38. The van der Waals surface area contributed by atoms with Gasteiger partial charge in [0.1, 0.15) is 18.7 Å². The number of alkyl carbamates (subject to hydrolysis) is 1. The van der Waals surface area contributed by atoms with Gasteiger partial charge < -0.3 is 36.6 Å². The molecule has 0 bridgehead atoms. The van der Waals surface area contributed by atoms with E-state index in [1.54, 1.807) is 6.92 Å². The lowest BCUT2D eigenvalue weighted by molar-refractivity contribution is -0.145. The predicted octanol–water partition coefficient (Wildman–Crippen LogP) is 2.07. The van der Waals surface area contributed by atoms with Crippen molar-refractivity contribution in [2.24, 2.45) is 39.7 Å². The van der Waals surface area contributed by atoms with Crippen molar-refractivity contribution in [3.63, 3.8) is 0 Å². The van der Waals surface area contributed by atoms with Gasteiger partial charge in [0, 0.05) is 13.1 Å². The Kier molecular flexibility index (Phi) is 10.9. The maximum absolute atomic E-state index is 14.2. The number of carbonyl (C=O) groups excluding carboxylic acids is 6. The van der Waals surface area contributed by atoms with E-state index in [0.717, 1.165) is 19.3 Å². The molecule has 0 aromatic heterocycles. The lowest BCUT2D eigenvalue weighted by Crippen LogP contribution is -2.62. The topological polar surface area (TPSA) is 189 Å². The molecule has 6 N–H and O–H groups in total. The van der Waals surface area contributed by atoms with Crippen molar-refractivity contribution >= 4 is 35.6 Å². The van der Waals surface area contributed by atoms with Crippen LogP contribution in [0.25, 0.3) is 0 Å². The number of carbonyl (C=O) groups is 6. The number of hydrogen-bond donors (Lipinski definition) is 5. The molecule has 6 amide bonds. The third-order valence-electron chi connectivity index (χ3n) is 9.87.